The molecule has 0 saturated carbocycles. The Morgan fingerprint density at radius 1 is 0.935 bits per heavy atom. The van der Waals surface area contributed by atoms with Crippen molar-refractivity contribution in [3.63, 3.8) is 0 Å². The van der Waals surface area contributed by atoms with Crippen molar-refractivity contribution < 1.29 is 13.2 Å². The molecule has 0 aliphatic rings. The number of benzene rings is 3. The van der Waals surface area contributed by atoms with Crippen molar-refractivity contribution in [3.8, 4) is 0 Å². The number of amides is 1. The van der Waals surface area contributed by atoms with E-state index in [0.717, 1.165) is 0 Å². The first-order chi connectivity index (χ1) is 14.9. The smallest absolute Gasteiger partial charge is 0.322 e. The molecule has 9 heteroatoms. The van der Waals surface area contributed by atoms with Crippen molar-refractivity contribution in [1.82, 2.24) is 9.97 Å². The fourth-order valence-electron chi connectivity index (χ4n) is 3.30. The number of anilines is 2. The number of hydrogen-bond donors (Lipinski definition) is 3. The third-order valence-corrected chi connectivity index (χ3v) is 6.73. The summed E-state index contributed by atoms with van der Waals surface area (Å²) in [6.07, 6.45) is 0. The summed E-state index contributed by atoms with van der Waals surface area (Å²) < 4.78 is 27.4. The number of hydrogen-bond acceptors (Lipinski definition) is 4. The summed E-state index contributed by atoms with van der Waals surface area (Å²) in [5.74, 6) is -0.392. The van der Waals surface area contributed by atoms with Gasteiger partial charge >= 0.3 is 5.69 Å². The number of nitrogens with zero attached hydrogens (tertiary/aromatic N) is 1. The summed E-state index contributed by atoms with van der Waals surface area (Å²) in [5.41, 5.74) is 2.27. The fraction of sp³-hybridized carbons (Fsp3) is 0.0909. The molecule has 0 spiro atoms. The highest BCUT2D eigenvalue weighted by atomic mass is 32.2. The van der Waals surface area contributed by atoms with E-state index in [1.54, 1.807) is 49.4 Å². The highest BCUT2D eigenvalue weighted by Gasteiger charge is 2.23. The zero-order chi connectivity index (χ0) is 22.0. The maximum absolute atomic E-state index is 13.1. The summed E-state index contributed by atoms with van der Waals surface area (Å²) in [4.78, 5) is 29.3. The molecule has 1 amide bonds. The minimum absolute atomic E-state index is 0.0982. The van der Waals surface area contributed by atoms with Gasteiger partial charge in [-0.15, -0.1) is 0 Å². The van der Waals surface area contributed by atoms with Crippen molar-refractivity contribution in [3.05, 3.63) is 88.8 Å². The molecule has 0 aliphatic heterocycles. The third-order valence-electron chi connectivity index (χ3n) is 4.81. The average molecular weight is 436 g/mol. The van der Waals surface area contributed by atoms with Crippen LogP contribution in [-0.2, 0) is 10.0 Å². The van der Waals surface area contributed by atoms with Gasteiger partial charge in [0.05, 0.1) is 21.6 Å². The van der Waals surface area contributed by atoms with Crippen molar-refractivity contribution in [1.29, 1.82) is 0 Å². The molecule has 0 aliphatic carbocycles. The van der Waals surface area contributed by atoms with Crippen molar-refractivity contribution in [2.45, 2.75) is 11.8 Å². The predicted molar refractivity (Wildman–Crippen MR) is 120 cm³/mol. The van der Waals surface area contributed by atoms with E-state index in [0.29, 0.717) is 28.0 Å². The second kappa shape index (κ2) is 8.11. The Morgan fingerprint density at radius 3 is 2.29 bits per heavy atom. The molecule has 0 saturated heterocycles. The van der Waals surface area contributed by atoms with Crippen LogP contribution in [0.25, 0.3) is 11.0 Å². The normalized spacial score (nSPS) is 11.4. The average Bonchev–Trinajstić information content (AvgIpc) is 3.14. The number of carbonyl (C=O) groups is 1. The van der Waals surface area contributed by atoms with E-state index in [-0.39, 0.29) is 17.1 Å². The van der Waals surface area contributed by atoms with E-state index in [4.69, 9.17) is 0 Å². The Labute approximate surface area is 178 Å². The van der Waals surface area contributed by atoms with Gasteiger partial charge in [-0.05, 0) is 61.5 Å². The van der Waals surface area contributed by atoms with E-state index in [1.807, 2.05) is 6.07 Å². The molecule has 4 rings (SSSR count). The molecule has 8 nitrogen and oxygen atoms in total. The number of fused-ring (bicyclic) bond motifs is 1. The van der Waals surface area contributed by atoms with Gasteiger partial charge in [0.1, 0.15) is 0 Å². The molecule has 0 bridgehead atoms. The van der Waals surface area contributed by atoms with Gasteiger partial charge in [-0.3, -0.25) is 9.10 Å². The highest BCUT2D eigenvalue weighted by Crippen LogP contribution is 2.24. The van der Waals surface area contributed by atoms with Crippen LogP contribution in [0.2, 0.25) is 0 Å². The van der Waals surface area contributed by atoms with Crippen LogP contribution >= 0.6 is 0 Å². The Balaban J connectivity index is 1.55. The van der Waals surface area contributed by atoms with Crippen LogP contribution in [0.15, 0.2) is 82.5 Å². The minimum Gasteiger partial charge on any atom is -0.322 e. The zero-order valence-corrected chi connectivity index (χ0v) is 17.4. The molecule has 3 N–H and O–H groups in total. The number of imidazole rings is 1. The first-order valence-electron chi connectivity index (χ1n) is 9.60. The number of aromatic nitrogens is 2. The van der Waals surface area contributed by atoms with Crippen LogP contribution in [0, 0.1) is 0 Å². The Bertz CT molecular complexity index is 1390. The van der Waals surface area contributed by atoms with E-state index < -0.39 is 15.9 Å². The Hall–Kier alpha value is -3.85. The largest absolute Gasteiger partial charge is 0.323 e. The summed E-state index contributed by atoms with van der Waals surface area (Å²) in [6.45, 7) is 2.04. The molecule has 4 aromatic rings. The molecule has 0 fully saturated rings. The monoisotopic (exact) mass is 436 g/mol. The molecule has 0 atom stereocenters. The van der Waals surface area contributed by atoms with Gasteiger partial charge in [-0.25, -0.2) is 13.2 Å². The van der Waals surface area contributed by atoms with Crippen LogP contribution in [0.4, 0.5) is 11.4 Å². The number of rotatable bonds is 6. The van der Waals surface area contributed by atoms with Gasteiger partial charge < -0.3 is 15.3 Å². The zero-order valence-electron chi connectivity index (χ0n) is 16.6. The highest BCUT2D eigenvalue weighted by molar-refractivity contribution is 7.92. The summed E-state index contributed by atoms with van der Waals surface area (Å²) in [5, 5.41) is 2.74. The first-order valence-corrected chi connectivity index (χ1v) is 11.0. The van der Waals surface area contributed by atoms with Gasteiger partial charge in [-0.2, -0.15) is 0 Å². The standard InChI is InChI=1S/C22H20N4O4S/c1-2-26(17-6-4-3-5-7-17)31(29,30)18-11-8-15(9-12-18)21(27)23-16-10-13-19-20(14-16)25-22(28)24-19/h3-14H,2H2,1H3,(H,23,27)(H2,24,25,28). The summed E-state index contributed by atoms with van der Waals surface area (Å²) in [6, 6.07) is 19.6. The van der Waals surface area contributed by atoms with Crippen LogP contribution in [-0.4, -0.2) is 30.8 Å². The third kappa shape index (κ3) is 4.08. The molecular weight excluding hydrogens is 416 g/mol. The quantitative estimate of drug-likeness (QED) is 0.430. The van der Waals surface area contributed by atoms with E-state index >= 15 is 0 Å². The van der Waals surface area contributed by atoms with Crippen LogP contribution in [0.1, 0.15) is 17.3 Å². The Kier molecular flexibility index (Phi) is 5.35. The Morgan fingerprint density at radius 2 is 1.61 bits per heavy atom. The van der Waals surface area contributed by atoms with Crippen molar-refractivity contribution in [2.24, 2.45) is 0 Å². The SMILES string of the molecule is CCN(c1ccccc1)S(=O)(=O)c1ccc(C(=O)Nc2ccc3[nH]c(=O)[nH]c3c2)cc1. The number of H-pyrrole nitrogens is 2. The van der Waals surface area contributed by atoms with Gasteiger partial charge in [0.15, 0.2) is 0 Å². The number of aromatic amines is 2. The molecule has 3 aromatic carbocycles. The topological polar surface area (TPSA) is 115 Å². The summed E-state index contributed by atoms with van der Waals surface area (Å²) >= 11 is 0. The molecular formula is C22H20N4O4S. The van der Waals surface area contributed by atoms with Crippen LogP contribution in [0.5, 0.6) is 0 Å². The first kappa shape index (κ1) is 20.4. The molecule has 1 heterocycles. The van der Waals surface area contributed by atoms with Gasteiger partial charge in [0.25, 0.3) is 15.9 Å². The van der Waals surface area contributed by atoms with Gasteiger partial charge in [-0.1, -0.05) is 18.2 Å². The number of para-hydroxylation sites is 1. The van der Waals surface area contributed by atoms with E-state index in [1.165, 1.54) is 28.6 Å². The molecule has 0 unspecified atom stereocenters. The molecule has 158 valence electrons. The number of nitrogens with one attached hydrogen (secondary N) is 3. The maximum Gasteiger partial charge on any atom is 0.323 e. The lowest BCUT2D eigenvalue weighted by Gasteiger charge is -2.23. The molecule has 31 heavy (non-hydrogen) atoms. The van der Waals surface area contributed by atoms with Gasteiger partial charge in [0.2, 0.25) is 0 Å². The lowest BCUT2D eigenvalue weighted by Crippen LogP contribution is -2.30. The summed E-state index contributed by atoms with van der Waals surface area (Å²) in [7, 11) is -3.76. The number of sulfonamides is 1. The maximum atomic E-state index is 13.1. The fourth-order valence-corrected chi connectivity index (χ4v) is 4.78. The van der Waals surface area contributed by atoms with Crippen molar-refractivity contribution in [2.75, 3.05) is 16.2 Å². The van der Waals surface area contributed by atoms with E-state index in [9.17, 15) is 18.0 Å². The minimum atomic E-state index is -3.76. The predicted octanol–water partition coefficient (Wildman–Crippen LogP) is 3.32. The van der Waals surface area contributed by atoms with E-state index in [2.05, 4.69) is 15.3 Å². The second-order valence-electron chi connectivity index (χ2n) is 6.82. The molecule has 0 radical (unpaired) electrons. The van der Waals surface area contributed by atoms with Crippen molar-refractivity contribution >= 4 is 38.3 Å². The molecule has 1 aromatic heterocycles. The van der Waals surface area contributed by atoms with Crippen LogP contribution < -0.4 is 15.3 Å². The number of carbonyl (C=O) groups excluding carboxylic acids is 1. The lowest BCUT2D eigenvalue weighted by atomic mass is 10.2. The van der Waals surface area contributed by atoms with Gasteiger partial charge in [0, 0.05) is 17.8 Å². The van der Waals surface area contributed by atoms with Crippen LogP contribution in [0.3, 0.4) is 0 Å². The lowest BCUT2D eigenvalue weighted by molar-refractivity contribution is 0.102. The second-order valence-corrected chi connectivity index (χ2v) is 8.69.